The Morgan fingerprint density at radius 3 is 1.28 bits per heavy atom. The number of alkyl halides is 4. The summed E-state index contributed by atoms with van der Waals surface area (Å²) in [6.07, 6.45) is 4.98. The fourth-order valence-corrected chi connectivity index (χ4v) is 7.11. The van der Waals surface area contributed by atoms with Crippen LogP contribution < -0.4 is 0 Å². The number of carbonyl (C=O) groups excluding carboxylic acids is 2. The van der Waals surface area contributed by atoms with Gasteiger partial charge in [0.1, 0.15) is 11.6 Å². The summed E-state index contributed by atoms with van der Waals surface area (Å²) in [5, 5.41) is 0. The molecule has 4 aromatic carbocycles. The van der Waals surface area contributed by atoms with E-state index in [9.17, 15) is 27.2 Å². The Bertz CT molecular complexity index is 2090. The number of aromatic amines is 2. The third kappa shape index (κ3) is 7.41. The number of carbonyl (C=O) groups is 2. The van der Waals surface area contributed by atoms with Crippen LogP contribution in [0.2, 0.25) is 0 Å². The monoisotopic (exact) mass is 730 g/mol. The first-order valence-electron chi connectivity index (χ1n) is 17.5. The Morgan fingerprint density at radius 2 is 0.907 bits per heavy atom. The number of halogens is 4. The van der Waals surface area contributed by atoms with Crippen LogP contribution in [-0.4, -0.2) is 66.5 Å². The van der Waals surface area contributed by atoms with E-state index < -0.39 is 61.7 Å². The zero-order valence-electron chi connectivity index (χ0n) is 28.8. The van der Waals surface area contributed by atoms with Crippen LogP contribution in [0, 0.1) is 12.8 Å². The molecule has 2 fully saturated rings. The van der Waals surface area contributed by atoms with Gasteiger partial charge < -0.3 is 19.8 Å². The van der Waals surface area contributed by atoms with E-state index in [1.165, 1.54) is 22.6 Å². The molecule has 1 unspecified atom stereocenters. The molecule has 12 heteroatoms. The first kappa shape index (κ1) is 35.0. The van der Waals surface area contributed by atoms with Gasteiger partial charge in [-0.2, -0.15) is 0 Å². The highest BCUT2D eigenvalue weighted by molar-refractivity contribution is 5.90. The molecule has 272 valence electrons. The summed E-state index contributed by atoms with van der Waals surface area (Å²) in [7, 11) is 0. The molecule has 2 atom stereocenters. The lowest BCUT2D eigenvalue weighted by Gasteiger charge is -2.22. The predicted molar refractivity (Wildman–Crippen MR) is 195 cm³/mol. The molecular weight excluding hydrogens is 696 g/mol. The van der Waals surface area contributed by atoms with Crippen LogP contribution in [0.15, 0.2) is 122 Å². The van der Waals surface area contributed by atoms with Crippen molar-refractivity contribution in [3.05, 3.63) is 157 Å². The molecule has 2 aliphatic heterocycles. The molecule has 2 amide bonds. The van der Waals surface area contributed by atoms with Crippen LogP contribution in [0.5, 0.6) is 0 Å². The lowest BCUT2D eigenvalue weighted by molar-refractivity contribution is -0.130. The van der Waals surface area contributed by atoms with E-state index in [1.807, 2.05) is 60.7 Å². The molecule has 0 bridgehead atoms. The second kappa shape index (κ2) is 14.1. The van der Waals surface area contributed by atoms with Gasteiger partial charge in [0.25, 0.3) is 11.8 Å². The van der Waals surface area contributed by atoms with E-state index in [2.05, 4.69) is 19.9 Å². The van der Waals surface area contributed by atoms with Gasteiger partial charge >= 0.3 is 0 Å². The van der Waals surface area contributed by atoms with Crippen molar-refractivity contribution in [1.82, 2.24) is 29.7 Å². The number of benzene rings is 4. The Hall–Kier alpha value is -6.04. The molecule has 0 saturated carbocycles. The number of H-pyrrole nitrogens is 2. The topological polar surface area (TPSA) is 98.0 Å². The van der Waals surface area contributed by atoms with Crippen LogP contribution in [0.4, 0.5) is 17.6 Å². The third-order valence-corrected chi connectivity index (χ3v) is 9.81. The van der Waals surface area contributed by atoms with Crippen LogP contribution in [-0.2, 0) is 9.59 Å². The normalized spacial score (nSPS) is 19.0. The van der Waals surface area contributed by atoms with Gasteiger partial charge in [-0.05, 0) is 22.3 Å². The lowest BCUT2D eigenvalue weighted by atomic mass is 10.0. The minimum atomic E-state index is -3.04. The number of nitrogens with zero attached hydrogens (tertiary/aromatic N) is 4. The highest BCUT2D eigenvalue weighted by Crippen LogP contribution is 2.42. The second-order valence-electron chi connectivity index (χ2n) is 13.7. The maximum absolute atomic E-state index is 14.6. The molecule has 0 spiro atoms. The van der Waals surface area contributed by atoms with Gasteiger partial charge in [-0.3, -0.25) is 9.59 Å². The van der Waals surface area contributed by atoms with E-state index in [4.69, 9.17) is 0 Å². The van der Waals surface area contributed by atoms with Crippen LogP contribution >= 0.6 is 0 Å². The van der Waals surface area contributed by atoms with Gasteiger partial charge in [-0.15, -0.1) is 0 Å². The summed E-state index contributed by atoms with van der Waals surface area (Å²) in [5.41, 5.74) is 5.78. The Morgan fingerprint density at radius 1 is 0.556 bits per heavy atom. The number of rotatable bonds is 9. The Balaban J connectivity index is 0.937. The third-order valence-electron chi connectivity index (χ3n) is 9.81. The number of hydrogen-bond donors (Lipinski definition) is 2. The average Bonchev–Trinajstić information content (AvgIpc) is 3.98. The maximum Gasteiger partial charge on any atom is 0.267 e. The van der Waals surface area contributed by atoms with Crippen molar-refractivity contribution >= 4 is 11.8 Å². The van der Waals surface area contributed by atoms with Gasteiger partial charge in [0.2, 0.25) is 11.8 Å². The number of nitrogens with one attached hydrogen (secondary N) is 2. The average molecular weight is 731 g/mol. The molecule has 2 aromatic heterocycles. The molecule has 2 saturated heterocycles. The molecular formula is C42H34F4N6O2. The SMILES string of the molecule is O=C([CH]c1ccccc1)N1CC(F)(F)CC1c1nc(-c2ccc(-c3ccc(-c4c[nH]c([C@@H]5CC(F)(F)CN5C(=O)[CH]c5ccccc5)n4)cc3)cc2)c[nH]1. The molecule has 4 heterocycles. The summed E-state index contributed by atoms with van der Waals surface area (Å²) in [4.78, 5) is 43.7. The first-order chi connectivity index (χ1) is 26.0. The van der Waals surface area contributed by atoms with Crippen molar-refractivity contribution in [2.45, 2.75) is 36.8 Å². The Labute approximate surface area is 308 Å². The zero-order valence-corrected chi connectivity index (χ0v) is 28.8. The molecule has 0 aliphatic carbocycles. The van der Waals surface area contributed by atoms with Crippen LogP contribution in [0.1, 0.15) is 47.7 Å². The minimum Gasteiger partial charge on any atom is -0.346 e. The van der Waals surface area contributed by atoms with E-state index in [1.54, 1.807) is 60.9 Å². The molecule has 2 radical (unpaired) electrons. The lowest BCUT2D eigenvalue weighted by Crippen LogP contribution is -2.33. The number of imidazole rings is 2. The van der Waals surface area contributed by atoms with Gasteiger partial charge in [0, 0.05) is 36.4 Å². The van der Waals surface area contributed by atoms with Gasteiger partial charge in [-0.1, -0.05) is 109 Å². The first-order valence-corrected chi connectivity index (χ1v) is 17.5. The van der Waals surface area contributed by atoms with Crippen molar-refractivity contribution in [1.29, 1.82) is 0 Å². The van der Waals surface area contributed by atoms with Gasteiger partial charge in [-0.25, -0.2) is 27.5 Å². The minimum absolute atomic E-state index is 0.296. The molecule has 8 rings (SSSR count). The number of likely N-dealkylation sites (tertiary alicyclic amines) is 2. The summed E-state index contributed by atoms with van der Waals surface area (Å²) in [6.45, 7) is -1.37. The molecule has 2 aliphatic rings. The number of aromatic nitrogens is 4. The zero-order chi connectivity index (χ0) is 37.5. The summed E-state index contributed by atoms with van der Waals surface area (Å²) >= 11 is 0. The molecule has 54 heavy (non-hydrogen) atoms. The molecule has 6 aromatic rings. The second-order valence-corrected chi connectivity index (χ2v) is 13.7. The van der Waals surface area contributed by atoms with Crippen LogP contribution in [0.25, 0.3) is 33.6 Å². The standard InChI is InChI=1S/C42H34F4N6O2/c43-41(44)21-35(51(25-41)37(53)19-27-7-3-1-4-8-27)39-47-23-33(49-39)31-15-11-29(12-16-31)30-13-17-32(18-14-30)34-24-48-40(50-34)36-22-42(45,46)26-52(36)38(54)20-28-9-5-2-6-10-28/h1-20,23-24,35-36H,21-22,25-26H2,(H,47,49)(H,48,50)/t35-,36?/m0/s1. The number of amides is 2. The van der Waals surface area contributed by atoms with E-state index in [-0.39, 0.29) is 0 Å². The van der Waals surface area contributed by atoms with Crippen molar-refractivity contribution in [2.24, 2.45) is 0 Å². The van der Waals surface area contributed by atoms with E-state index in [0.29, 0.717) is 34.2 Å². The van der Waals surface area contributed by atoms with Crippen molar-refractivity contribution in [2.75, 3.05) is 13.1 Å². The summed E-state index contributed by atoms with van der Waals surface area (Å²) in [6, 6.07) is 31.2. The molecule has 2 N–H and O–H groups in total. The van der Waals surface area contributed by atoms with Gasteiger partial charge in [0.15, 0.2) is 0 Å². The molecule has 8 nitrogen and oxygen atoms in total. The predicted octanol–water partition coefficient (Wildman–Crippen LogP) is 8.46. The van der Waals surface area contributed by atoms with E-state index in [0.717, 1.165) is 22.3 Å². The number of hydrogen-bond acceptors (Lipinski definition) is 4. The van der Waals surface area contributed by atoms with Gasteiger partial charge in [0.05, 0.1) is 49.4 Å². The van der Waals surface area contributed by atoms with Crippen molar-refractivity contribution in [3.63, 3.8) is 0 Å². The maximum atomic E-state index is 14.6. The highest BCUT2D eigenvalue weighted by atomic mass is 19.3. The largest absolute Gasteiger partial charge is 0.346 e. The summed E-state index contributed by atoms with van der Waals surface area (Å²) < 4.78 is 58.3. The smallest absolute Gasteiger partial charge is 0.267 e. The quantitative estimate of drug-likeness (QED) is 0.146. The Kier molecular flexibility index (Phi) is 9.12. The fraction of sp³-hybridized carbons (Fsp3) is 0.190. The van der Waals surface area contributed by atoms with Crippen LogP contribution in [0.3, 0.4) is 0 Å². The fourth-order valence-electron chi connectivity index (χ4n) is 7.11. The highest BCUT2D eigenvalue weighted by Gasteiger charge is 2.49. The summed E-state index contributed by atoms with van der Waals surface area (Å²) in [5.74, 6) is -6.48. The van der Waals surface area contributed by atoms with Crippen molar-refractivity contribution < 1.29 is 27.2 Å². The van der Waals surface area contributed by atoms with Crippen molar-refractivity contribution in [3.8, 4) is 33.6 Å². The van der Waals surface area contributed by atoms with E-state index >= 15 is 0 Å².